The molecule has 4 rings (SSSR count). The number of benzene rings is 1. The van der Waals surface area contributed by atoms with Crippen LogP contribution in [0.3, 0.4) is 0 Å². The summed E-state index contributed by atoms with van der Waals surface area (Å²) in [6.45, 7) is 12.7. The van der Waals surface area contributed by atoms with Crippen LogP contribution in [-0.2, 0) is 53.7 Å². The van der Waals surface area contributed by atoms with Gasteiger partial charge in [-0.15, -0.1) is 0 Å². The lowest BCUT2D eigenvalue weighted by molar-refractivity contribution is -0.344. The normalized spacial score (nSPS) is 35.8. The molecule has 11 nitrogen and oxygen atoms in total. The zero-order valence-electron chi connectivity index (χ0n) is 25.3. The van der Waals surface area contributed by atoms with Crippen molar-refractivity contribution < 1.29 is 52.2 Å². The van der Waals surface area contributed by atoms with Crippen molar-refractivity contribution in [1.82, 2.24) is 0 Å². The maximum absolute atomic E-state index is 12.2. The first-order valence-corrected chi connectivity index (χ1v) is 17.1. The lowest BCUT2D eigenvalue weighted by atomic mass is 9.97. The Morgan fingerprint density at radius 2 is 1.68 bits per heavy atom. The predicted octanol–water partition coefficient (Wildman–Crippen LogP) is 2.78. The van der Waals surface area contributed by atoms with Crippen LogP contribution in [0, 0.1) is 0 Å². The van der Waals surface area contributed by atoms with Crippen LogP contribution in [0.1, 0.15) is 33.3 Å². The molecule has 3 heterocycles. The Bertz CT molecular complexity index is 987. The van der Waals surface area contributed by atoms with E-state index in [2.05, 4.69) is 33.9 Å². The molecule has 3 fully saturated rings. The standard InChI is InChI=1S/C29H46O11Si/c1-17(30)37-24-22(20-15-35-27(39-20)26(24)34-14-18-12-10-9-11-13-18)40-28-25(33-6)23(32-5)21(31)19(38-28)16-36-41(7,8)29(2,3)4/h9-13,19-28,31H,14-16H2,1-8H3/t19-,20-,21-,22-,23+,24+,25-,26-,27-,28+/m1/s1. The van der Waals surface area contributed by atoms with E-state index in [1.165, 1.54) is 21.1 Å². The second kappa shape index (κ2) is 13.5. The van der Waals surface area contributed by atoms with Crippen LogP contribution in [0.2, 0.25) is 18.1 Å². The van der Waals surface area contributed by atoms with Gasteiger partial charge in [-0.05, 0) is 23.7 Å². The topological polar surface area (TPSA) is 120 Å². The fraction of sp³-hybridized carbons (Fsp3) is 0.759. The number of rotatable bonds is 11. The Labute approximate surface area is 243 Å². The minimum Gasteiger partial charge on any atom is -0.457 e. The van der Waals surface area contributed by atoms with Crippen LogP contribution in [0.15, 0.2) is 30.3 Å². The third-order valence-corrected chi connectivity index (χ3v) is 13.0. The Balaban J connectivity index is 1.55. The van der Waals surface area contributed by atoms with Crippen LogP contribution < -0.4 is 0 Å². The summed E-state index contributed by atoms with van der Waals surface area (Å²) in [4.78, 5) is 12.2. The van der Waals surface area contributed by atoms with E-state index in [1.807, 2.05) is 30.3 Å². The fourth-order valence-electron chi connectivity index (χ4n) is 5.09. The summed E-state index contributed by atoms with van der Waals surface area (Å²) >= 11 is 0. The largest absolute Gasteiger partial charge is 0.457 e. The molecule has 10 atom stereocenters. The number of aliphatic hydroxyl groups is 1. The van der Waals surface area contributed by atoms with Gasteiger partial charge in [-0.3, -0.25) is 4.79 Å². The van der Waals surface area contributed by atoms with E-state index in [-0.39, 0.29) is 24.9 Å². The van der Waals surface area contributed by atoms with E-state index in [0.717, 1.165) is 5.56 Å². The first-order chi connectivity index (χ1) is 19.4. The molecule has 3 saturated heterocycles. The van der Waals surface area contributed by atoms with Gasteiger partial charge in [0.15, 0.2) is 27.0 Å². The Morgan fingerprint density at radius 3 is 2.29 bits per heavy atom. The number of hydrogen-bond donors (Lipinski definition) is 1. The van der Waals surface area contributed by atoms with E-state index in [1.54, 1.807) is 0 Å². The van der Waals surface area contributed by atoms with Crippen molar-refractivity contribution in [3.05, 3.63) is 35.9 Å². The summed E-state index contributed by atoms with van der Waals surface area (Å²) < 4.78 is 54.6. The quantitative estimate of drug-likeness (QED) is 0.299. The molecule has 0 saturated carbocycles. The van der Waals surface area contributed by atoms with Gasteiger partial charge in [0.1, 0.15) is 42.7 Å². The Morgan fingerprint density at radius 1 is 1.00 bits per heavy atom. The molecule has 0 spiro atoms. The van der Waals surface area contributed by atoms with Crippen molar-refractivity contribution in [3.8, 4) is 0 Å². The molecule has 1 aromatic rings. The van der Waals surface area contributed by atoms with Crippen LogP contribution in [0.5, 0.6) is 0 Å². The van der Waals surface area contributed by atoms with Crippen molar-refractivity contribution in [2.24, 2.45) is 0 Å². The molecule has 232 valence electrons. The number of hydrogen-bond acceptors (Lipinski definition) is 11. The van der Waals surface area contributed by atoms with Gasteiger partial charge in [0.25, 0.3) is 0 Å². The minimum absolute atomic E-state index is 0.0251. The number of ether oxygens (including phenoxy) is 8. The van der Waals surface area contributed by atoms with E-state index >= 15 is 0 Å². The number of carbonyl (C=O) groups excluding carboxylic acids is 1. The van der Waals surface area contributed by atoms with Crippen molar-refractivity contribution in [3.63, 3.8) is 0 Å². The van der Waals surface area contributed by atoms with Crippen molar-refractivity contribution in [2.45, 2.75) is 114 Å². The summed E-state index contributed by atoms with van der Waals surface area (Å²) in [5, 5.41) is 11.1. The molecule has 2 bridgehead atoms. The van der Waals surface area contributed by atoms with Crippen LogP contribution >= 0.6 is 0 Å². The highest BCUT2D eigenvalue weighted by molar-refractivity contribution is 6.74. The number of carbonyl (C=O) groups is 1. The molecule has 0 amide bonds. The zero-order valence-corrected chi connectivity index (χ0v) is 26.3. The molecule has 1 aromatic carbocycles. The lowest BCUT2D eigenvalue weighted by Crippen LogP contribution is -2.64. The zero-order chi connectivity index (χ0) is 29.9. The highest BCUT2D eigenvalue weighted by Crippen LogP contribution is 2.39. The van der Waals surface area contributed by atoms with Crippen molar-refractivity contribution in [1.29, 1.82) is 0 Å². The Kier molecular flexibility index (Phi) is 10.7. The smallest absolute Gasteiger partial charge is 0.303 e. The van der Waals surface area contributed by atoms with Gasteiger partial charge < -0.3 is 47.4 Å². The van der Waals surface area contributed by atoms with E-state index in [9.17, 15) is 9.90 Å². The van der Waals surface area contributed by atoms with E-state index in [4.69, 9.17) is 42.3 Å². The van der Waals surface area contributed by atoms with Gasteiger partial charge in [0.05, 0.1) is 19.8 Å². The average Bonchev–Trinajstić information content (AvgIpc) is 3.35. The Hall–Kier alpha value is -1.45. The summed E-state index contributed by atoms with van der Waals surface area (Å²) in [5.74, 6) is -0.489. The first kappa shape index (κ1) is 32.5. The first-order valence-electron chi connectivity index (χ1n) is 14.1. The SMILES string of the molecule is CO[C@H]1[C@H](O[C@H]2[C@H](OC(C)=O)[C@@H](OCc3ccccc3)[C@@H]3OC[C@H]2O3)O[C@H](CO[Si](C)(C)C(C)(C)C)[C@@H](O)[C@@H]1OC. The predicted molar refractivity (Wildman–Crippen MR) is 149 cm³/mol. The minimum atomic E-state index is -2.14. The molecule has 3 aliphatic rings. The maximum Gasteiger partial charge on any atom is 0.303 e. The number of methoxy groups -OCH3 is 2. The summed E-state index contributed by atoms with van der Waals surface area (Å²) in [5.41, 5.74) is 0.947. The number of fused-ring (bicyclic) bond motifs is 2. The summed E-state index contributed by atoms with van der Waals surface area (Å²) in [6.07, 6.45) is -8.01. The average molecular weight is 599 g/mol. The number of esters is 1. The van der Waals surface area contributed by atoms with Gasteiger partial charge in [0, 0.05) is 21.1 Å². The maximum atomic E-state index is 12.2. The molecule has 12 heteroatoms. The highest BCUT2D eigenvalue weighted by atomic mass is 28.4. The molecule has 0 aromatic heterocycles. The van der Waals surface area contributed by atoms with E-state index < -0.39 is 75.7 Å². The van der Waals surface area contributed by atoms with Gasteiger partial charge in [-0.1, -0.05) is 51.1 Å². The molecule has 0 radical (unpaired) electrons. The second-order valence-electron chi connectivity index (χ2n) is 12.3. The highest BCUT2D eigenvalue weighted by Gasteiger charge is 2.57. The third kappa shape index (κ3) is 7.38. The number of aliphatic hydroxyl groups excluding tert-OH is 1. The lowest BCUT2D eigenvalue weighted by Gasteiger charge is -2.47. The summed E-state index contributed by atoms with van der Waals surface area (Å²) in [6, 6.07) is 9.65. The molecule has 0 aliphatic carbocycles. The van der Waals surface area contributed by atoms with Gasteiger partial charge in [0.2, 0.25) is 0 Å². The molecular formula is C29H46O11Si. The molecule has 3 aliphatic heterocycles. The van der Waals surface area contributed by atoms with Crippen LogP contribution in [0.4, 0.5) is 0 Å². The van der Waals surface area contributed by atoms with Gasteiger partial charge in [-0.2, -0.15) is 0 Å². The van der Waals surface area contributed by atoms with Crippen LogP contribution in [0.25, 0.3) is 0 Å². The van der Waals surface area contributed by atoms with Crippen molar-refractivity contribution in [2.75, 3.05) is 27.4 Å². The van der Waals surface area contributed by atoms with Crippen LogP contribution in [-0.4, -0.2) is 108 Å². The molecule has 1 N–H and O–H groups in total. The monoisotopic (exact) mass is 598 g/mol. The third-order valence-electron chi connectivity index (χ3n) is 8.47. The second-order valence-corrected chi connectivity index (χ2v) is 17.1. The van der Waals surface area contributed by atoms with Gasteiger partial charge in [-0.25, -0.2) is 0 Å². The van der Waals surface area contributed by atoms with E-state index in [0.29, 0.717) is 0 Å². The fourth-order valence-corrected chi connectivity index (χ4v) is 6.10. The summed E-state index contributed by atoms with van der Waals surface area (Å²) in [7, 11) is 0.857. The molecule has 41 heavy (non-hydrogen) atoms. The van der Waals surface area contributed by atoms with Gasteiger partial charge >= 0.3 is 5.97 Å². The molecular weight excluding hydrogens is 552 g/mol. The molecule has 0 unspecified atom stereocenters. The van der Waals surface area contributed by atoms with Crippen molar-refractivity contribution >= 4 is 14.3 Å².